The predicted octanol–water partition coefficient (Wildman–Crippen LogP) is 3.44. The van der Waals surface area contributed by atoms with Gasteiger partial charge in [-0.25, -0.2) is 13.2 Å². The Labute approximate surface area is 126 Å². The highest BCUT2D eigenvalue weighted by Gasteiger charge is 2.33. The lowest BCUT2D eigenvalue weighted by Crippen LogP contribution is -2.28. The van der Waals surface area contributed by atoms with Crippen molar-refractivity contribution in [3.63, 3.8) is 0 Å². The number of hydrogen-bond donors (Lipinski definition) is 1. The molecule has 1 aliphatic rings. The molecule has 1 aliphatic carbocycles. The van der Waals surface area contributed by atoms with Gasteiger partial charge < -0.3 is 5.11 Å². The molecule has 2 rings (SSSR count). The van der Waals surface area contributed by atoms with Gasteiger partial charge in [0.05, 0.1) is 15.7 Å². The number of aromatic carboxylic acids is 1. The van der Waals surface area contributed by atoms with Crippen LogP contribution >= 0.6 is 0 Å². The molecule has 1 aromatic rings. The molecule has 1 fully saturated rings. The van der Waals surface area contributed by atoms with E-state index in [1.54, 1.807) is 13.0 Å². The molecular formula is C16H22O4S. The molecular weight excluding hydrogens is 288 g/mol. The van der Waals surface area contributed by atoms with Crippen molar-refractivity contribution in [1.82, 2.24) is 0 Å². The Morgan fingerprint density at radius 2 is 2.05 bits per heavy atom. The summed E-state index contributed by atoms with van der Waals surface area (Å²) in [5, 5.41) is 8.69. The summed E-state index contributed by atoms with van der Waals surface area (Å²) >= 11 is 0. The lowest BCUT2D eigenvalue weighted by atomic mass is 9.87. The maximum absolute atomic E-state index is 12.9. The minimum absolute atomic E-state index is 0.0297. The third-order valence-electron chi connectivity index (χ3n) is 4.49. The van der Waals surface area contributed by atoms with Crippen LogP contribution in [0.25, 0.3) is 0 Å². The van der Waals surface area contributed by atoms with Crippen LogP contribution in [0, 0.1) is 12.8 Å². The first-order chi connectivity index (χ1) is 9.86. The fourth-order valence-electron chi connectivity index (χ4n) is 3.11. The molecule has 21 heavy (non-hydrogen) atoms. The van der Waals surface area contributed by atoms with Gasteiger partial charge in [0.1, 0.15) is 0 Å². The van der Waals surface area contributed by atoms with Crippen LogP contribution in [0.15, 0.2) is 23.1 Å². The number of sulfone groups is 1. The van der Waals surface area contributed by atoms with E-state index in [9.17, 15) is 13.2 Å². The summed E-state index contributed by atoms with van der Waals surface area (Å²) in [6.07, 6.45) is 4.39. The van der Waals surface area contributed by atoms with Crippen LogP contribution in [-0.2, 0) is 9.84 Å². The molecule has 116 valence electrons. The van der Waals surface area contributed by atoms with E-state index < -0.39 is 15.8 Å². The number of carbonyl (C=O) groups is 1. The molecule has 5 heteroatoms. The van der Waals surface area contributed by atoms with Crippen molar-refractivity contribution in [1.29, 1.82) is 0 Å². The lowest BCUT2D eigenvalue weighted by Gasteiger charge is -2.28. The Bertz CT molecular complexity index is 634. The quantitative estimate of drug-likeness (QED) is 0.924. The first-order valence-electron chi connectivity index (χ1n) is 7.44. The van der Waals surface area contributed by atoms with Crippen molar-refractivity contribution >= 4 is 15.8 Å². The number of hydrogen-bond acceptors (Lipinski definition) is 3. The maximum Gasteiger partial charge on any atom is 0.335 e. The van der Waals surface area contributed by atoms with E-state index >= 15 is 0 Å². The summed E-state index contributed by atoms with van der Waals surface area (Å²) in [5.74, 6) is -0.636. The SMILES string of the molecule is CCC1CCCC(S(=O)(=O)c2cc(C(=O)O)ccc2C)C1. The summed E-state index contributed by atoms with van der Waals surface area (Å²) in [7, 11) is -3.46. The van der Waals surface area contributed by atoms with Crippen LogP contribution in [0.3, 0.4) is 0 Å². The van der Waals surface area contributed by atoms with Gasteiger partial charge in [-0.05, 0) is 43.4 Å². The van der Waals surface area contributed by atoms with Gasteiger partial charge in [-0.1, -0.05) is 32.3 Å². The normalized spacial score (nSPS) is 23.0. The Hall–Kier alpha value is -1.36. The topological polar surface area (TPSA) is 71.4 Å². The molecule has 0 amide bonds. The molecule has 0 spiro atoms. The molecule has 4 nitrogen and oxygen atoms in total. The second-order valence-electron chi connectivity index (χ2n) is 5.89. The number of benzene rings is 1. The molecule has 0 aromatic heterocycles. The second-order valence-corrected chi connectivity index (χ2v) is 8.09. The highest BCUT2D eigenvalue weighted by atomic mass is 32.2. The number of aryl methyl sites for hydroxylation is 1. The van der Waals surface area contributed by atoms with Gasteiger partial charge in [0.15, 0.2) is 9.84 Å². The van der Waals surface area contributed by atoms with E-state index in [1.807, 2.05) is 0 Å². The summed E-state index contributed by atoms with van der Waals surface area (Å²) < 4.78 is 25.7. The molecule has 2 atom stereocenters. The molecule has 1 aromatic carbocycles. The van der Waals surface area contributed by atoms with Crippen LogP contribution in [0.2, 0.25) is 0 Å². The molecule has 0 saturated heterocycles. The van der Waals surface area contributed by atoms with Gasteiger partial charge in [0, 0.05) is 0 Å². The number of carboxylic acids is 1. The van der Waals surface area contributed by atoms with Crippen molar-refractivity contribution in [2.45, 2.75) is 56.1 Å². The van der Waals surface area contributed by atoms with E-state index in [0.29, 0.717) is 24.3 Å². The molecule has 1 saturated carbocycles. The van der Waals surface area contributed by atoms with E-state index in [4.69, 9.17) is 5.11 Å². The summed E-state index contributed by atoms with van der Waals surface area (Å²) in [6, 6.07) is 4.34. The molecule has 0 heterocycles. The molecule has 0 radical (unpaired) electrons. The lowest BCUT2D eigenvalue weighted by molar-refractivity contribution is 0.0696. The Morgan fingerprint density at radius 1 is 1.33 bits per heavy atom. The Morgan fingerprint density at radius 3 is 2.67 bits per heavy atom. The Balaban J connectivity index is 2.39. The van der Waals surface area contributed by atoms with E-state index in [-0.39, 0.29) is 15.7 Å². The van der Waals surface area contributed by atoms with Gasteiger partial charge in [-0.15, -0.1) is 0 Å². The molecule has 1 N–H and O–H groups in total. The van der Waals surface area contributed by atoms with Crippen LogP contribution in [-0.4, -0.2) is 24.7 Å². The fourth-order valence-corrected chi connectivity index (χ4v) is 5.28. The molecule has 0 bridgehead atoms. The standard InChI is InChI=1S/C16H22O4S/c1-3-12-5-4-6-14(9-12)21(19,20)15-10-13(16(17)18)8-7-11(15)2/h7-8,10,12,14H,3-6,9H2,1-2H3,(H,17,18). The maximum atomic E-state index is 12.9. The van der Waals surface area contributed by atoms with Gasteiger partial charge in [-0.2, -0.15) is 0 Å². The van der Waals surface area contributed by atoms with Crippen molar-refractivity contribution in [3.05, 3.63) is 29.3 Å². The average molecular weight is 310 g/mol. The monoisotopic (exact) mass is 310 g/mol. The van der Waals surface area contributed by atoms with Gasteiger partial charge in [-0.3, -0.25) is 0 Å². The smallest absolute Gasteiger partial charge is 0.335 e. The summed E-state index contributed by atoms with van der Waals surface area (Å²) in [6.45, 7) is 3.81. The van der Waals surface area contributed by atoms with Crippen molar-refractivity contribution in [2.24, 2.45) is 5.92 Å². The predicted molar refractivity (Wildman–Crippen MR) is 81.4 cm³/mol. The van der Waals surface area contributed by atoms with Gasteiger partial charge in [0.25, 0.3) is 0 Å². The van der Waals surface area contributed by atoms with Crippen molar-refractivity contribution in [2.75, 3.05) is 0 Å². The number of rotatable bonds is 4. The van der Waals surface area contributed by atoms with Crippen LogP contribution < -0.4 is 0 Å². The van der Waals surface area contributed by atoms with Crippen LogP contribution in [0.5, 0.6) is 0 Å². The van der Waals surface area contributed by atoms with E-state index in [2.05, 4.69) is 6.92 Å². The minimum atomic E-state index is -3.46. The minimum Gasteiger partial charge on any atom is -0.478 e. The fraction of sp³-hybridized carbons (Fsp3) is 0.562. The highest BCUT2D eigenvalue weighted by molar-refractivity contribution is 7.92. The van der Waals surface area contributed by atoms with Gasteiger partial charge >= 0.3 is 5.97 Å². The zero-order valence-electron chi connectivity index (χ0n) is 12.5. The Kier molecular flexibility index (Phi) is 4.71. The largest absolute Gasteiger partial charge is 0.478 e. The second kappa shape index (κ2) is 6.18. The van der Waals surface area contributed by atoms with Crippen molar-refractivity contribution in [3.8, 4) is 0 Å². The summed E-state index contributed by atoms with van der Waals surface area (Å²) in [5.41, 5.74) is 0.653. The van der Waals surface area contributed by atoms with Crippen molar-refractivity contribution < 1.29 is 18.3 Å². The van der Waals surface area contributed by atoms with Gasteiger partial charge in [0.2, 0.25) is 0 Å². The average Bonchev–Trinajstić information content (AvgIpc) is 2.47. The zero-order valence-corrected chi connectivity index (χ0v) is 13.3. The number of carboxylic acid groups (broad SMARTS) is 1. The van der Waals surface area contributed by atoms with Crippen LogP contribution in [0.4, 0.5) is 0 Å². The summed E-state index contributed by atoms with van der Waals surface area (Å²) in [4.78, 5) is 11.3. The zero-order chi connectivity index (χ0) is 15.6. The van der Waals surface area contributed by atoms with E-state index in [0.717, 1.165) is 19.3 Å². The van der Waals surface area contributed by atoms with Crippen LogP contribution in [0.1, 0.15) is 54.9 Å². The highest BCUT2D eigenvalue weighted by Crippen LogP contribution is 2.34. The van der Waals surface area contributed by atoms with E-state index in [1.165, 1.54) is 12.1 Å². The molecule has 0 aliphatic heterocycles. The third-order valence-corrected chi connectivity index (χ3v) is 6.85. The first kappa shape index (κ1) is 16.0. The first-order valence-corrected chi connectivity index (χ1v) is 8.98. The molecule has 2 unspecified atom stereocenters. The third kappa shape index (κ3) is 3.28.